The Morgan fingerprint density at radius 1 is 1.35 bits per heavy atom. The lowest BCUT2D eigenvalue weighted by Gasteiger charge is -2.49. The van der Waals surface area contributed by atoms with Crippen molar-refractivity contribution in [2.24, 2.45) is 11.1 Å². The summed E-state index contributed by atoms with van der Waals surface area (Å²) in [6, 6.07) is 1.87. The minimum Gasteiger partial charge on any atom is -0.355 e. The van der Waals surface area contributed by atoms with E-state index in [0.29, 0.717) is 4.83 Å². The summed E-state index contributed by atoms with van der Waals surface area (Å²) in [6.45, 7) is 1.77. The number of anilines is 1. The van der Waals surface area contributed by atoms with Crippen molar-refractivity contribution < 1.29 is 13.2 Å². The third kappa shape index (κ3) is 2.78. The molecule has 124 valence electrons. The van der Waals surface area contributed by atoms with Crippen molar-refractivity contribution in [3.8, 4) is 0 Å². The quantitative estimate of drug-likeness (QED) is 0.911. The van der Waals surface area contributed by atoms with Crippen LogP contribution < -0.4 is 10.6 Å². The molecule has 23 heavy (non-hydrogen) atoms. The van der Waals surface area contributed by atoms with Crippen LogP contribution in [0.1, 0.15) is 24.1 Å². The van der Waals surface area contributed by atoms with Crippen molar-refractivity contribution in [2.45, 2.75) is 37.9 Å². The maximum Gasteiger partial charge on any atom is 0.393 e. The Morgan fingerprint density at radius 3 is 2.78 bits per heavy atom. The molecule has 1 aliphatic carbocycles. The van der Waals surface area contributed by atoms with Gasteiger partial charge in [-0.3, -0.25) is 0 Å². The molecule has 1 atom stereocenters. The Labute approximate surface area is 135 Å². The molecule has 1 saturated heterocycles. The summed E-state index contributed by atoms with van der Waals surface area (Å²) >= 11 is 1.10. The molecule has 2 N–H and O–H groups in total. The molecule has 1 spiro atoms. The van der Waals surface area contributed by atoms with Crippen LogP contribution in [-0.2, 0) is 6.42 Å². The second kappa shape index (κ2) is 5.04. The molecule has 4 rings (SSSR count). The van der Waals surface area contributed by atoms with Crippen LogP contribution in [0.25, 0.3) is 10.2 Å². The number of halogens is 3. The lowest BCUT2D eigenvalue weighted by atomic mass is 9.78. The highest BCUT2D eigenvalue weighted by atomic mass is 32.1. The summed E-state index contributed by atoms with van der Waals surface area (Å²) in [6.07, 6.45) is -0.456. The van der Waals surface area contributed by atoms with Crippen molar-refractivity contribution >= 4 is 27.4 Å². The van der Waals surface area contributed by atoms with Gasteiger partial charge < -0.3 is 10.6 Å². The first kappa shape index (κ1) is 15.1. The number of alkyl halides is 3. The van der Waals surface area contributed by atoms with E-state index in [-0.39, 0.29) is 16.3 Å². The zero-order valence-corrected chi connectivity index (χ0v) is 13.3. The Kier molecular flexibility index (Phi) is 3.32. The summed E-state index contributed by atoms with van der Waals surface area (Å²) in [5, 5.41) is 0.730. The molecular formula is C15H17F3N4S. The van der Waals surface area contributed by atoms with Crippen LogP contribution in [0, 0.1) is 5.41 Å². The number of nitrogens with zero attached hydrogens (tertiary/aromatic N) is 3. The van der Waals surface area contributed by atoms with Gasteiger partial charge in [0.05, 0.1) is 11.8 Å². The van der Waals surface area contributed by atoms with E-state index in [0.717, 1.165) is 54.9 Å². The van der Waals surface area contributed by atoms with E-state index >= 15 is 0 Å². The molecule has 0 radical (unpaired) electrons. The van der Waals surface area contributed by atoms with Gasteiger partial charge in [-0.05, 0) is 25.3 Å². The fourth-order valence-corrected chi connectivity index (χ4v) is 4.90. The predicted molar refractivity (Wildman–Crippen MR) is 83.6 cm³/mol. The van der Waals surface area contributed by atoms with Crippen LogP contribution in [0.15, 0.2) is 12.4 Å². The molecule has 4 nitrogen and oxygen atoms in total. The van der Waals surface area contributed by atoms with Crippen LogP contribution in [0.4, 0.5) is 19.0 Å². The predicted octanol–water partition coefficient (Wildman–Crippen LogP) is 3.11. The number of hydrogen-bond donors (Lipinski definition) is 1. The topological polar surface area (TPSA) is 55.0 Å². The van der Waals surface area contributed by atoms with Crippen molar-refractivity contribution in [3.63, 3.8) is 0 Å². The first-order chi connectivity index (χ1) is 10.8. The Hall–Kier alpha value is -1.41. The Bertz CT molecular complexity index is 736. The fourth-order valence-electron chi connectivity index (χ4n) is 3.88. The number of hydrogen-bond acceptors (Lipinski definition) is 5. The van der Waals surface area contributed by atoms with E-state index in [1.807, 2.05) is 0 Å². The van der Waals surface area contributed by atoms with E-state index in [1.54, 1.807) is 6.07 Å². The van der Waals surface area contributed by atoms with Gasteiger partial charge >= 0.3 is 6.18 Å². The van der Waals surface area contributed by atoms with E-state index in [9.17, 15) is 13.2 Å². The van der Waals surface area contributed by atoms with Crippen LogP contribution in [0.5, 0.6) is 0 Å². The number of nitrogens with two attached hydrogens (primary N) is 1. The van der Waals surface area contributed by atoms with Gasteiger partial charge in [-0.2, -0.15) is 13.2 Å². The third-order valence-corrected chi connectivity index (χ3v) is 5.87. The van der Waals surface area contributed by atoms with Crippen LogP contribution in [-0.4, -0.2) is 35.3 Å². The van der Waals surface area contributed by atoms with E-state index in [4.69, 9.17) is 5.73 Å². The number of aromatic nitrogens is 2. The van der Waals surface area contributed by atoms with Crippen LogP contribution in [0.2, 0.25) is 0 Å². The minimum absolute atomic E-state index is 0.279. The molecule has 2 fully saturated rings. The molecule has 1 unspecified atom stereocenters. The second-order valence-corrected chi connectivity index (χ2v) is 7.89. The first-order valence-electron chi connectivity index (χ1n) is 7.64. The second-order valence-electron chi connectivity index (χ2n) is 6.78. The monoisotopic (exact) mass is 342 g/mol. The first-order valence-corrected chi connectivity index (χ1v) is 8.46. The van der Waals surface area contributed by atoms with Crippen molar-refractivity contribution in [3.05, 3.63) is 17.3 Å². The molecule has 0 bridgehead atoms. The smallest absolute Gasteiger partial charge is 0.355 e. The van der Waals surface area contributed by atoms with Gasteiger partial charge in [0.15, 0.2) is 0 Å². The number of rotatable bonds is 2. The maximum atomic E-state index is 12.6. The number of fused-ring (bicyclic) bond motifs is 1. The van der Waals surface area contributed by atoms with Crippen LogP contribution in [0.3, 0.4) is 0 Å². The van der Waals surface area contributed by atoms with Gasteiger partial charge in [-0.15, -0.1) is 11.3 Å². The van der Waals surface area contributed by atoms with Gasteiger partial charge in [-0.25, -0.2) is 9.97 Å². The summed E-state index contributed by atoms with van der Waals surface area (Å²) in [5.74, 6) is 0.755. The van der Waals surface area contributed by atoms with E-state index in [2.05, 4.69) is 14.9 Å². The molecular weight excluding hydrogens is 325 g/mol. The normalized spacial score (nSPS) is 23.7. The number of thiophene rings is 1. The molecule has 1 saturated carbocycles. The highest BCUT2D eigenvalue weighted by Gasteiger charge is 2.48. The molecule has 0 amide bonds. The lowest BCUT2D eigenvalue weighted by molar-refractivity contribution is -0.126. The van der Waals surface area contributed by atoms with Crippen molar-refractivity contribution in [1.29, 1.82) is 0 Å². The molecule has 2 aromatic rings. The minimum atomic E-state index is -4.20. The Balaban J connectivity index is 1.59. The van der Waals surface area contributed by atoms with E-state index in [1.165, 1.54) is 6.33 Å². The molecule has 0 aromatic carbocycles. The molecule has 1 aliphatic heterocycles. The van der Waals surface area contributed by atoms with E-state index < -0.39 is 12.6 Å². The highest BCUT2D eigenvalue weighted by Crippen LogP contribution is 2.47. The fraction of sp³-hybridized carbons (Fsp3) is 0.600. The zero-order valence-electron chi connectivity index (χ0n) is 12.4. The standard InChI is InChI=1S/C15H17F3N4S/c16-15(17,18)5-10-3-11-12(20-8-21-13(11)23-10)22-6-14(7-22)2-1-9(19)4-14/h3,8-9H,1-2,4-7,19H2. The van der Waals surface area contributed by atoms with Gasteiger partial charge in [0, 0.05) is 29.4 Å². The van der Waals surface area contributed by atoms with Crippen molar-refractivity contribution in [1.82, 2.24) is 9.97 Å². The molecule has 2 aliphatic rings. The molecule has 8 heteroatoms. The zero-order chi connectivity index (χ0) is 16.2. The van der Waals surface area contributed by atoms with Gasteiger partial charge in [-0.1, -0.05) is 0 Å². The molecule has 2 aromatic heterocycles. The van der Waals surface area contributed by atoms with Gasteiger partial charge in [0.2, 0.25) is 0 Å². The van der Waals surface area contributed by atoms with Gasteiger partial charge in [0.25, 0.3) is 0 Å². The summed E-state index contributed by atoms with van der Waals surface area (Å²) in [4.78, 5) is 11.5. The van der Waals surface area contributed by atoms with Crippen LogP contribution >= 0.6 is 11.3 Å². The Morgan fingerprint density at radius 2 is 2.13 bits per heavy atom. The van der Waals surface area contributed by atoms with Gasteiger partial charge in [0.1, 0.15) is 17.0 Å². The highest BCUT2D eigenvalue weighted by molar-refractivity contribution is 7.18. The summed E-state index contributed by atoms with van der Waals surface area (Å²) in [7, 11) is 0. The lowest BCUT2D eigenvalue weighted by Crippen LogP contribution is -2.56. The average molecular weight is 342 g/mol. The summed E-state index contributed by atoms with van der Waals surface area (Å²) < 4.78 is 37.8. The largest absolute Gasteiger partial charge is 0.393 e. The SMILES string of the molecule is NC1CCC2(C1)CN(c1ncnc3sc(CC(F)(F)F)cc13)C2. The average Bonchev–Trinajstić information content (AvgIpc) is 2.97. The van der Waals surface area contributed by atoms with Crippen molar-refractivity contribution in [2.75, 3.05) is 18.0 Å². The third-order valence-electron chi connectivity index (χ3n) is 4.83. The summed E-state index contributed by atoms with van der Waals surface area (Å²) in [5.41, 5.74) is 6.29. The maximum absolute atomic E-state index is 12.6. The molecule has 3 heterocycles.